The van der Waals surface area contributed by atoms with E-state index in [1.165, 1.54) is 25.7 Å². The number of nitrogens with two attached hydrogens (primary N) is 3. The molecule has 8 nitrogen and oxygen atoms in total. The largest absolute Gasteiger partial charge is 0.550 e. The highest BCUT2D eigenvalue weighted by atomic mass is 16.4. The van der Waals surface area contributed by atoms with E-state index in [2.05, 4.69) is 24.4 Å². The van der Waals surface area contributed by atoms with Crippen LogP contribution >= 0.6 is 0 Å². The molecular formula is C34H64N3O5+. The molecule has 1 heterocycles. The molecule has 0 aromatic heterocycles. The maximum Gasteiger partial charge on any atom is 0.137 e. The van der Waals surface area contributed by atoms with Crippen LogP contribution in [0.3, 0.4) is 0 Å². The quantitative estimate of drug-likeness (QED) is 0.0973. The van der Waals surface area contributed by atoms with Crippen LogP contribution in [0.25, 0.3) is 0 Å². The first kappa shape index (κ1) is 35.4. The molecule has 2 fully saturated rings. The maximum atomic E-state index is 12.1. The van der Waals surface area contributed by atoms with E-state index in [0.29, 0.717) is 43.6 Å². The molecule has 42 heavy (non-hydrogen) atoms. The van der Waals surface area contributed by atoms with Crippen molar-refractivity contribution in [3.8, 4) is 0 Å². The molecule has 0 radical (unpaired) electrons. The first-order valence-corrected chi connectivity index (χ1v) is 17.5. The highest BCUT2D eigenvalue weighted by Crippen LogP contribution is 2.44. The molecule has 0 aromatic rings. The van der Waals surface area contributed by atoms with Crippen molar-refractivity contribution in [3.63, 3.8) is 0 Å². The number of piperidine rings is 1. The van der Waals surface area contributed by atoms with Gasteiger partial charge < -0.3 is 35.9 Å². The van der Waals surface area contributed by atoms with Crippen LogP contribution in [0.1, 0.15) is 116 Å². The molecule has 3 rings (SSSR count). The summed E-state index contributed by atoms with van der Waals surface area (Å²) in [5.41, 5.74) is 5.30. The number of hydrogen-bond donors (Lipinski definition) is 6. The van der Waals surface area contributed by atoms with Crippen molar-refractivity contribution in [1.82, 2.24) is 0 Å². The Balaban J connectivity index is 1.43. The Hall–Kier alpha value is -1.03. The summed E-state index contributed by atoms with van der Waals surface area (Å²) in [6, 6.07) is 0. The van der Waals surface area contributed by atoms with Gasteiger partial charge in [0.15, 0.2) is 0 Å². The summed E-state index contributed by atoms with van der Waals surface area (Å²) in [5, 5.41) is 49.8. The minimum Gasteiger partial charge on any atom is -0.550 e. The smallest absolute Gasteiger partial charge is 0.137 e. The van der Waals surface area contributed by atoms with Gasteiger partial charge in [-0.1, -0.05) is 57.6 Å². The molecule has 3 aliphatic rings. The second kappa shape index (κ2) is 18.1. The second-order valence-corrected chi connectivity index (χ2v) is 14.3. The lowest BCUT2D eigenvalue weighted by Crippen LogP contribution is -2.94. The Kier molecular flexibility index (Phi) is 15.2. The van der Waals surface area contributed by atoms with Gasteiger partial charge >= 0.3 is 0 Å². The van der Waals surface area contributed by atoms with E-state index in [0.717, 1.165) is 64.3 Å². The van der Waals surface area contributed by atoms with Crippen LogP contribution in [-0.4, -0.2) is 65.4 Å². The van der Waals surface area contributed by atoms with Crippen molar-refractivity contribution >= 4 is 5.97 Å². The zero-order valence-electron chi connectivity index (χ0n) is 26.7. The zero-order valence-corrected chi connectivity index (χ0v) is 26.7. The van der Waals surface area contributed by atoms with E-state index in [9.17, 15) is 25.2 Å². The van der Waals surface area contributed by atoms with Gasteiger partial charge in [0.05, 0.1) is 37.9 Å². The summed E-state index contributed by atoms with van der Waals surface area (Å²) >= 11 is 0. The van der Waals surface area contributed by atoms with Gasteiger partial charge in [0.2, 0.25) is 0 Å². The number of unbranched alkanes of at least 4 members (excludes halogenated alkanes) is 4. The number of carboxylic acid groups (broad SMARTS) is 1. The number of carboxylic acids is 1. The fourth-order valence-corrected chi connectivity index (χ4v) is 8.38. The summed E-state index contributed by atoms with van der Waals surface area (Å²) in [6.45, 7) is 3.95. The molecule has 0 spiro atoms. The lowest BCUT2D eigenvalue weighted by molar-refractivity contribution is -0.699. The van der Waals surface area contributed by atoms with Crippen molar-refractivity contribution in [2.75, 3.05) is 20.1 Å². The van der Waals surface area contributed by atoms with Crippen LogP contribution < -0.4 is 21.5 Å². The van der Waals surface area contributed by atoms with E-state index in [-0.39, 0.29) is 30.5 Å². The number of aliphatic hydroxyl groups excluding tert-OH is 2. The van der Waals surface area contributed by atoms with Crippen molar-refractivity contribution in [3.05, 3.63) is 12.2 Å². The molecular weight excluding hydrogens is 530 g/mol. The Bertz CT molecular complexity index is 812. The van der Waals surface area contributed by atoms with Gasteiger partial charge in [0.1, 0.15) is 6.17 Å². The van der Waals surface area contributed by atoms with Crippen molar-refractivity contribution < 1.29 is 35.9 Å². The van der Waals surface area contributed by atoms with Gasteiger partial charge in [-0.3, -0.25) is 5.73 Å². The topological polar surface area (TPSA) is 160 Å². The summed E-state index contributed by atoms with van der Waals surface area (Å²) < 4.78 is 0. The average molecular weight is 595 g/mol. The molecule has 244 valence electrons. The zero-order chi connectivity index (χ0) is 30.5. The van der Waals surface area contributed by atoms with Crippen LogP contribution in [0, 0.1) is 35.5 Å². The number of rotatable bonds is 19. The summed E-state index contributed by atoms with van der Waals surface area (Å²) in [6.07, 6.45) is 18.9. The maximum absolute atomic E-state index is 12.1. The Labute approximate surface area is 255 Å². The molecule has 2 aliphatic carbocycles. The van der Waals surface area contributed by atoms with Crippen LogP contribution in [0.15, 0.2) is 12.2 Å². The first-order chi connectivity index (χ1) is 20.1. The molecule has 1 saturated heterocycles. The second-order valence-electron chi connectivity index (χ2n) is 14.3. The number of carbonyl (C=O) groups excluding carboxylic acids is 1. The van der Waals surface area contributed by atoms with Crippen LogP contribution in [0.2, 0.25) is 0 Å². The monoisotopic (exact) mass is 594 g/mol. The van der Waals surface area contributed by atoms with Crippen LogP contribution in [0.4, 0.5) is 0 Å². The predicted molar refractivity (Wildman–Crippen MR) is 164 cm³/mol. The van der Waals surface area contributed by atoms with E-state index in [1.54, 1.807) is 0 Å². The third kappa shape index (κ3) is 11.2. The SMILES string of the molecule is CCCCCC1C=CC(CCCCCC(C(=O)[O-])C(O)CC(C[NH2+]C)C2(O)CCC(CC3CC[NH2+]C(N)C3)C2)C(O)C1. The normalized spacial score (nSPS) is 33.9. The standard InChI is InChI=1S/C34H63N3O5/c1-3-4-6-9-24-12-13-27(30(38)19-24)10-7-5-8-11-29(33(40)41)31(39)21-28(23-36-2)34(42)16-14-26(22-34)18-25-15-17-37-32(35)20-25/h12-13,24-32,36-39,42H,3-11,14-23,35H2,1-2H3,(H,40,41)/p+1. The molecule has 0 aromatic carbocycles. The van der Waals surface area contributed by atoms with Gasteiger partial charge in [0, 0.05) is 30.1 Å². The third-order valence-corrected chi connectivity index (χ3v) is 10.9. The molecule has 0 bridgehead atoms. The number of aliphatic hydroxyl groups is 3. The van der Waals surface area contributed by atoms with Crippen molar-refractivity contribution in [1.29, 1.82) is 0 Å². The first-order valence-electron chi connectivity index (χ1n) is 17.5. The molecule has 10 unspecified atom stereocenters. The van der Waals surface area contributed by atoms with Crippen LogP contribution in [0.5, 0.6) is 0 Å². The van der Waals surface area contributed by atoms with Gasteiger partial charge in [-0.2, -0.15) is 0 Å². The van der Waals surface area contributed by atoms with E-state index in [1.807, 2.05) is 12.4 Å². The van der Waals surface area contributed by atoms with Gasteiger partial charge in [-0.15, -0.1) is 0 Å². The molecule has 1 aliphatic heterocycles. The number of aliphatic carboxylic acids is 1. The molecule has 1 saturated carbocycles. The van der Waals surface area contributed by atoms with E-state index >= 15 is 0 Å². The molecule has 9 N–H and O–H groups in total. The van der Waals surface area contributed by atoms with E-state index in [4.69, 9.17) is 5.73 Å². The summed E-state index contributed by atoms with van der Waals surface area (Å²) in [4.78, 5) is 12.1. The molecule has 8 heteroatoms. The van der Waals surface area contributed by atoms with Gasteiger partial charge in [-0.05, 0) is 82.0 Å². The highest BCUT2D eigenvalue weighted by molar-refractivity contribution is 5.68. The van der Waals surface area contributed by atoms with Crippen molar-refractivity contribution in [2.45, 2.75) is 140 Å². The van der Waals surface area contributed by atoms with Crippen LogP contribution in [-0.2, 0) is 4.79 Å². The number of allylic oxidation sites excluding steroid dienone is 1. The van der Waals surface area contributed by atoms with Gasteiger partial charge in [-0.25, -0.2) is 0 Å². The predicted octanol–water partition coefficient (Wildman–Crippen LogP) is 1.18. The number of quaternary nitrogens is 2. The summed E-state index contributed by atoms with van der Waals surface area (Å²) in [7, 11) is 1.97. The lowest BCUT2D eigenvalue weighted by Gasteiger charge is -2.35. The van der Waals surface area contributed by atoms with Gasteiger partial charge in [0.25, 0.3) is 0 Å². The average Bonchev–Trinajstić information content (AvgIpc) is 3.32. The highest BCUT2D eigenvalue weighted by Gasteiger charge is 2.46. The lowest BCUT2D eigenvalue weighted by atomic mass is 9.77. The fourth-order valence-electron chi connectivity index (χ4n) is 8.38. The minimum absolute atomic E-state index is 0.156. The minimum atomic E-state index is -1.19. The fraction of sp³-hybridized carbons (Fsp3) is 0.912. The Morgan fingerprint density at radius 3 is 2.60 bits per heavy atom. The number of carbonyl (C=O) groups is 1. The molecule has 10 atom stereocenters. The number of hydrogen-bond acceptors (Lipinski definition) is 6. The third-order valence-electron chi connectivity index (χ3n) is 10.9. The van der Waals surface area contributed by atoms with E-state index < -0.39 is 23.6 Å². The Morgan fingerprint density at radius 2 is 1.90 bits per heavy atom. The Morgan fingerprint density at radius 1 is 1.12 bits per heavy atom. The van der Waals surface area contributed by atoms with Crippen molar-refractivity contribution in [2.24, 2.45) is 41.2 Å². The molecule has 0 amide bonds. The summed E-state index contributed by atoms with van der Waals surface area (Å²) in [5.74, 6) is -0.515.